The average Bonchev–Trinajstić information content (AvgIpc) is 2.97. The lowest BCUT2D eigenvalue weighted by atomic mass is 10.0. The largest absolute Gasteiger partial charge is 0.339 e. The number of benzene rings is 1. The first-order valence-corrected chi connectivity index (χ1v) is 9.74. The third kappa shape index (κ3) is 4.09. The van der Waals surface area contributed by atoms with Gasteiger partial charge in [-0.2, -0.15) is 0 Å². The van der Waals surface area contributed by atoms with Gasteiger partial charge in [-0.1, -0.05) is 25.0 Å². The van der Waals surface area contributed by atoms with Gasteiger partial charge in [0.1, 0.15) is 0 Å². The molecule has 1 fully saturated rings. The molecule has 22 heavy (non-hydrogen) atoms. The van der Waals surface area contributed by atoms with E-state index >= 15 is 0 Å². The SMILES string of the molecule is CC(c1ccc(S(C)(=O)=O)cc1)N(C)C(=O)CC1CCCC1. The van der Waals surface area contributed by atoms with Crippen LogP contribution in [0.4, 0.5) is 0 Å². The number of sulfone groups is 1. The van der Waals surface area contributed by atoms with E-state index in [-0.39, 0.29) is 11.9 Å². The quantitative estimate of drug-likeness (QED) is 0.836. The minimum Gasteiger partial charge on any atom is -0.339 e. The van der Waals surface area contributed by atoms with E-state index in [1.807, 2.05) is 14.0 Å². The van der Waals surface area contributed by atoms with Crippen molar-refractivity contribution in [3.05, 3.63) is 29.8 Å². The lowest BCUT2D eigenvalue weighted by molar-refractivity contribution is -0.132. The maximum atomic E-state index is 12.4. The van der Waals surface area contributed by atoms with Crippen LogP contribution in [0.2, 0.25) is 0 Å². The van der Waals surface area contributed by atoms with Gasteiger partial charge in [0, 0.05) is 19.7 Å². The molecule has 1 aliphatic carbocycles. The van der Waals surface area contributed by atoms with Gasteiger partial charge in [0.05, 0.1) is 10.9 Å². The predicted octanol–water partition coefficient (Wildman–Crippen LogP) is 3.19. The zero-order valence-electron chi connectivity index (χ0n) is 13.6. The summed E-state index contributed by atoms with van der Waals surface area (Å²) in [6, 6.07) is 6.75. The fraction of sp³-hybridized carbons (Fsp3) is 0.588. The van der Waals surface area contributed by atoms with Gasteiger partial charge in [0.15, 0.2) is 9.84 Å². The summed E-state index contributed by atoms with van der Waals surface area (Å²) >= 11 is 0. The molecule has 0 N–H and O–H groups in total. The van der Waals surface area contributed by atoms with Crippen LogP contribution in [-0.2, 0) is 14.6 Å². The molecule has 2 rings (SSSR count). The molecule has 0 aliphatic heterocycles. The van der Waals surface area contributed by atoms with E-state index in [2.05, 4.69) is 0 Å². The van der Waals surface area contributed by atoms with Crippen molar-refractivity contribution in [3.63, 3.8) is 0 Å². The van der Waals surface area contributed by atoms with Crippen molar-refractivity contribution in [2.45, 2.75) is 50.0 Å². The summed E-state index contributed by atoms with van der Waals surface area (Å²) < 4.78 is 23.0. The molecular weight excluding hydrogens is 298 g/mol. The molecule has 5 heteroatoms. The molecule has 1 atom stereocenters. The number of amides is 1. The average molecular weight is 323 g/mol. The molecule has 1 aromatic rings. The lowest BCUT2D eigenvalue weighted by Crippen LogP contribution is -2.30. The van der Waals surface area contributed by atoms with Crippen molar-refractivity contribution >= 4 is 15.7 Å². The van der Waals surface area contributed by atoms with Gasteiger partial charge >= 0.3 is 0 Å². The van der Waals surface area contributed by atoms with E-state index in [1.165, 1.54) is 19.1 Å². The Bertz CT molecular complexity index is 616. The molecule has 1 aliphatic rings. The second-order valence-corrected chi connectivity index (χ2v) is 8.39. The van der Waals surface area contributed by atoms with E-state index < -0.39 is 9.84 Å². The summed E-state index contributed by atoms with van der Waals surface area (Å²) in [5.41, 5.74) is 0.953. The van der Waals surface area contributed by atoms with Crippen LogP contribution in [0, 0.1) is 5.92 Å². The number of hydrogen-bond acceptors (Lipinski definition) is 3. The van der Waals surface area contributed by atoms with Crippen LogP contribution in [0.1, 0.15) is 50.6 Å². The molecule has 0 saturated heterocycles. The molecule has 122 valence electrons. The van der Waals surface area contributed by atoms with E-state index in [4.69, 9.17) is 0 Å². The molecule has 1 aromatic carbocycles. The van der Waals surface area contributed by atoms with E-state index in [1.54, 1.807) is 29.2 Å². The standard InChI is InChI=1S/C17H25NO3S/c1-13(15-8-10-16(11-9-15)22(3,20)21)18(2)17(19)12-14-6-4-5-7-14/h8-11,13-14H,4-7,12H2,1-3H3. The van der Waals surface area contributed by atoms with Crippen LogP contribution in [0.25, 0.3) is 0 Å². The zero-order valence-corrected chi connectivity index (χ0v) is 14.4. The molecule has 1 amide bonds. The van der Waals surface area contributed by atoms with Gasteiger partial charge in [0.25, 0.3) is 0 Å². The highest BCUT2D eigenvalue weighted by Gasteiger charge is 2.23. The number of hydrogen-bond donors (Lipinski definition) is 0. The van der Waals surface area contributed by atoms with Gasteiger partial charge in [0.2, 0.25) is 5.91 Å². The second-order valence-electron chi connectivity index (χ2n) is 6.38. The molecule has 0 aromatic heterocycles. The van der Waals surface area contributed by atoms with E-state index in [0.29, 0.717) is 17.2 Å². The summed E-state index contributed by atoms with van der Waals surface area (Å²) in [6.45, 7) is 1.97. The van der Waals surface area contributed by atoms with Crippen LogP contribution >= 0.6 is 0 Å². The first kappa shape index (κ1) is 17.0. The highest BCUT2D eigenvalue weighted by molar-refractivity contribution is 7.90. The van der Waals surface area contributed by atoms with Gasteiger partial charge in [-0.15, -0.1) is 0 Å². The normalized spacial score (nSPS) is 17.4. The second kappa shape index (κ2) is 6.82. The van der Waals surface area contributed by atoms with Crippen LogP contribution in [0.3, 0.4) is 0 Å². The number of carbonyl (C=O) groups excluding carboxylic acids is 1. The Labute approximate surface area is 133 Å². The van der Waals surface area contributed by atoms with Crippen LogP contribution in [0.5, 0.6) is 0 Å². The molecule has 1 saturated carbocycles. The minimum absolute atomic E-state index is 0.0532. The molecule has 0 spiro atoms. The third-order valence-corrected chi connectivity index (χ3v) is 5.83. The summed E-state index contributed by atoms with van der Waals surface area (Å²) in [6.07, 6.45) is 6.63. The zero-order chi connectivity index (χ0) is 16.3. The smallest absolute Gasteiger partial charge is 0.223 e. The number of carbonyl (C=O) groups is 1. The molecule has 0 bridgehead atoms. The van der Waals surface area contributed by atoms with E-state index in [9.17, 15) is 13.2 Å². The van der Waals surface area contributed by atoms with Crippen molar-refractivity contribution in [3.8, 4) is 0 Å². The Balaban J connectivity index is 2.03. The van der Waals surface area contributed by atoms with Crippen molar-refractivity contribution in [2.24, 2.45) is 5.92 Å². The Hall–Kier alpha value is -1.36. The Kier molecular flexibility index (Phi) is 5.27. The monoisotopic (exact) mass is 323 g/mol. The molecule has 4 nitrogen and oxygen atoms in total. The maximum absolute atomic E-state index is 12.4. The lowest BCUT2D eigenvalue weighted by Gasteiger charge is -2.26. The van der Waals surface area contributed by atoms with Gasteiger partial charge < -0.3 is 4.90 Å². The topological polar surface area (TPSA) is 54.5 Å². The van der Waals surface area contributed by atoms with Crippen LogP contribution in [0.15, 0.2) is 29.2 Å². The fourth-order valence-corrected chi connectivity index (χ4v) is 3.67. The van der Waals surface area contributed by atoms with Crippen molar-refractivity contribution in [2.75, 3.05) is 13.3 Å². The van der Waals surface area contributed by atoms with Gasteiger partial charge in [-0.25, -0.2) is 8.42 Å². The summed E-state index contributed by atoms with van der Waals surface area (Å²) in [4.78, 5) is 14.5. The Morgan fingerprint density at radius 3 is 2.27 bits per heavy atom. The molecule has 0 heterocycles. The fourth-order valence-electron chi connectivity index (χ4n) is 3.04. The number of rotatable bonds is 5. The van der Waals surface area contributed by atoms with Gasteiger partial charge in [-0.05, 0) is 43.4 Å². The summed E-state index contributed by atoms with van der Waals surface area (Å²) in [5.74, 6) is 0.710. The summed E-state index contributed by atoms with van der Waals surface area (Å²) in [7, 11) is -1.35. The van der Waals surface area contributed by atoms with Crippen LogP contribution < -0.4 is 0 Å². The summed E-state index contributed by atoms with van der Waals surface area (Å²) in [5, 5.41) is 0. The highest BCUT2D eigenvalue weighted by Crippen LogP contribution is 2.29. The first-order valence-electron chi connectivity index (χ1n) is 7.84. The maximum Gasteiger partial charge on any atom is 0.223 e. The van der Waals surface area contributed by atoms with Crippen molar-refractivity contribution in [1.82, 2.24) is 4.90 Å². The highest BCUT2D eigenvalue weighted by atomic mass is 32.2. The Morgan fingerprint density at radius 1 is 1.23 bits per heavy atom. The molecular formula is C17H25NO3S. The van der Waals surface area contributed by atoms with Crippen molar-refractivity contribution < 1.29 is 13.2 Å². The number of nitrogens with zero attached hydrogens (tertiary/aromatic N) is 1. The van der Waals surface area contributed by atoms with E-state index in [0.717, 1.165) is 18.4 Å². The molecule has 0 radical (unpaired) electrons. The molecule has 1 unspecified atom stereocenters. The Morgan fingerprint density at radius 2 is 1.77 bits per heavy atom. The van der Waals surface area contributed by atoms with Crippen molar-refractivity contribution in [1.29, 1.82) is 0 Å². The third-order valence-electron chi connectivity index (χ3n) is 4.70. The minimum atomic E-state index is -3.18. The first-order chi connectivity index (χ1) is 10.3. The van der Waals surface area contributed by atoms with Gasteiger partial charge in [-0.3, -0.25) is 4.79 Å². The predicted molar refractivity (Wildman–Crippen MR) is 87.3 cm³/mol. The van der Waals surface area contributed by atoms with Crippen LogP contribution in [-0.4, -0.2) is 32.5 Å².